The minimum atomic E-state index is -0.143. The number of fused-ring (bicyclic) bond motifs is 12. The topological polar surface area (TPSA) is 51.6 Å². The molecular formula is C63H48BN5O. The van der Waals surface area contributed by atoms with Crippen molar-refractivity contribution in [3.05, 3.63) is 199 Å². The second-order valence-corrected chi connectivity index (χ2v) is 21.3. The first-order chi connectivity index (χ1) is 33.9. The van der Waals surface area contributed by atoms with Gasteiger partial charge in [0.2, 0.25) is 0 Å². The predicted molar refractivity (Wildman–Crippen MR) is 292 cm³/mol. The maximum Gasteiger partial charge on any atom is 0.252 e. The number of hydrogen-bond acceptors (Lipinski definition) is 5. The predicted octanol–water partition coefficient (Wildman–Crippen LogP) is 15.0. The zero-order valence-electron chi connectivity index (χ0n) is 40.0. The Bertz CT molecular complexity index is 4010. The van der Waals surface area contributed by atoms with Crippen LogP contribution in [0.25, 0.3) is 49.4 Å². The van der Waals surface area contributed by atoms with Gasteiger partial charge in [-0.15, -0.1) is 0 Å². The number of hydrogen-bond donors (Lipinski definition) is 0. The monoisotopic (exact) mass is 901 g/mol. The van der Waals surface area contributed by atoms with E-state index >= 15 is 0 Å². The smallest absolute Gasteiger partial charge is 0.252 e. The van der Waals surface area contributed by atoms with Crippen molar-refractivity contribution in [3.8, 4) is 11.8 Å². The minimum Gasteiger partial charge on any atom is -0.456 e. The molecule has 3 aliphatic heterocycles. The van der Waals surface area contributed by atoms with Crippen LogP contribution in [-0.2, 0) is 10.8 Å². The van der Waals surface area contributed by atoms with Crippen molar-refractivity contribution < 1.29 is 4.42 Å². The fraction of sp³-hybridized carbons (Fsp3) is 0.127. The standard InChI is InChI=1S/C63H48BN5O/c1-62(2,3)39-21-25-41(26-22-39)66(42-27-23-40(24-28-42)63(4,5)6)44-29-31-49-54(36-44)67(43-30-32-58-48(35-43)46-14-8-10-20-57(46)70-58)55-33-38(37-65)34-56-59(55)64(49)50-16-12-19-53-61(50)69(56)52-18-11-15-47-45-13-7-9-17-51(45)68(53)60(47)52/h7-36H,1-6H3. The molecule has 5 heterocycles. The first-order valence-corrected chi connectivity index (χ1v) is 24.3. The lowest BCUT2D eigenvalue weighted by molar-refractivity contribution is 0.590. The van der Waals surface area contributed by atoms with E-state index in [-0.39, 0.29) is 17.5 Å². The summed E-state index contributed by atoms with van der Waals surface area (Å²) >= 11 is 0. The molecule has 334 valence electrons. The van der Waals surface area contributed by atoms with E-state index in [1.54, 1.807) is 0 Å². The number of nitriles is 1. The number of nitrogens with zero attached hydrogens (tertiary/aromatic N) is 5. The molecule has 0 N–H and O–H groups in total. The lowest BCUT2D eigenvalue weighted by Gasteiger charge is -2.46. The number of furan rings is 1. The zero-order valence-corrected chi connectivity index (χ0v) is 40.0. The highest BCUT2D eigenvalue weighted by molar-refractivity contribution is 7.00. The van der Waals surface area contributed by atoms with Crippen LogP contribution in [0.4, 0.5) is 51.2 Å². The minimum absolute atomic E-state index is 0.00864. The fourth-order valence-corrected chi connectivity index (χ4v) is 11.9. The molecule has 2 aromatic heterocycles. The molecule has 0 bridgehead atoms. The van der Waals surface area contributed by atoms with Crippen molar-refractivity contribution in [2.24, 2.45) is 0 Å². The quantitative estimate of drug-likeness (QED) is 0.165. The van der Waals surface area contributed by atoms with Crippen molar-refractivity contribution >= 4 is 118 Å². The van der Waals surface area contributed by atoms with Crippen LogP contribution in [0.3, 0.4) is 0 Å². The summed E-state index contributed by atoms with van der Waals surface area (Å²) in [7, 11) is 0. The first kappa shape index (κ1) is 40.6. The third-order valence-corrected chi connectivity index (χ3v) is 15.2. The van der Waals surface area contributed by atoms with Crippen molar-refractivity contribution in [1.82, 2.24) is 4.57 Å². The Labute approximate surface area is 407 Å². The highest BCUT2D eigenvalue weighted by atomic mass is 16.3. The van der Waals surface area contributed by atoms with E-state index in [0.717, 1.165) is 78.8 Å². The van der Waals surface area contributed by atoms with Gasteiger partial charge in [0.05, 0.1) is 39.7 Å². The molecule has 14 rings (SSSR count). The summed E-state index contributed by atoms with van der Waals surface area (Å²) in [5, 5.41) is 15.6. The van der Waals surface area contributed by atoms with E-state index < -0.39 is 0 Å². The molecule has 0 saturated carbocycles. The summed E-state index contributed by atoms with van der Waals surface area (Å²) in [5.41, 5.74) is 21.5. The number of aromatic nitrogens is 1. The molecule has 3 aliphatic rings. The Kier molecular flexibility index (Phi) is 8.29. The molecule has 0 saturated heterocycles. The molecule has 0 atom stereocenters. The average molecular weight is 902 g/mol. The van der Waals surface area contributed by atoms with Crippen molar-refractivity contribution in [2.75, 3.05) is 14.7 Å². The maximum atomic E-state index is 11.1. The summed E-state index contributed by atoms with van der Waals surface area (Å²) in [6, 6.07) is 69.1. The summed E-state index contributed by atoms with van der Waals surface area (Å²) < 4.78 is 8.89. The van der Waals surface area contributed by atoms with E-state index in [1.165, 1.54) is 49.3 Å². The molecule has 7 heteroatoms. The van der Waals surface area contributed by atoms with Crippen LogP contribution >= 0.6 is 0 Å². The SMILES string of the molecule is CC(C)(C)c1ccc(N(c2ccc(C(C)(C)C)cc2)c2ccc3c(c2)N(c2ccc4oc5ccccc5c4c2)c2cc(C#N)cc4c2B3c2cccc3c2N4c2cccc4c5ccccc5n-3c24)cc1. The van der Waals surface area contributed by atoms with Crippen LogP contribution in [0, 0.1) is 11.3 Å². The van der Waals surface area contributed by atoms with Gasteiger partial charge in [0, 0.05) is 61.4 Å². The van der Waals surface area contributed by atoms with Crippen LogP contribution in [0.2, 0.25) is 0 Å². The normalized spacial score (nSPS) is 13.5. The highest BCUT2D eigenvalue weighted by Crippen LogP contribution is 2.53. The van der Waals surface area contributed by atoms with Gasteiger partial charge in [0.1, 0.15) is 11.2 Å². The van der Waals surface area contributed by atoms with E-state index in [0.29, 0.717) is 5.56 Å². The molecule has 6 nitrogen and oxygen atoms in total. The summed E-state index contributed by atoms with van der Waals surface area (Å²) in [6.07, 6.45) is 0. The van der Waals surface area contributed by atoms with E-state index in [4.69, 9.17) is 4.42 Å². The fourth-order valence-electron chi connectivity index (χ4n) is 11.9. The molecule has 0 radical (unpaired) electrons. The van der Waals surface area contributed by atoms with Crippen LogP contribution in [0.15, 0.2) is 186 Å². The van der Waals surface area contributed by atoms with Gasteiger partial charge in [-0.1, -0.05) is 133 Å². The van der Waals surface area contributed by atoms with Gasteiger partial charge in [-0.2, -0.15) is 5.26 Å². The van der Waals surface area contributed by atoms with Gasteiger partial charge in [-0.05, 0) is 129 Å². The lowest BCUT2D eigenvalue weighted by Crippen LogP contribution is -2.61. The average Bonchev–Trinajstić information content (AvgIpc) is 3.92. The van der Waals surface area contributed by atoms with Gasteiger partial charge < -0.3 is 23.7 Å². The molecule has 0 unspecified atom stereocenters. The second-order valence-electron chi connectivity index (χ2n) is 21.3. The molecule has 9 aromatic carbocycles. The third kappa shape index (κ3) is 5.68. The second kappa shape index (κ2) is 14.3. The van der Waals surface area contributed by atoms with Crippen LogP contribution in [0.1, 0.15) is 58.2 Å². The van der Waals surface area contributed by atoms with E-state index in [1.807, 2.05) is 12.1 Å². The van der Waals surface area contributed by atoms with E-state index in [2.05, 4.69) is 237 Å². The molecule has 0 amide bonds. The maximum absolute atomic E-state index is 11.1. The Morgan fingerprint density at radius 1 is 0.486 bits per heavy atom. The molecule has 0 aliphatic carbocycles. The third-order valence-electron chi connectivity index (χ3n) is 15.2. The first-order valence-electron chi connectivity index (χ1n) is 24.3. The summed E-state index contributed by atoms with van der Waals surface area (Å²) in [6.45, 7) is 13.5. The van der Waals surface area contributed by atoms with Crippen LogP contribution in [-0.4, -0.2) is 11.3 Å². The Morgan fingerprint density at radius 2 is 1.10 bits per heavy atom. The largest absolute Gasteiger partial charge is 0.456 e. The van der Waals surface area contributed by atoms with E-state index in [9.17, 15) is 5.26 Å². The molecule has 0 fully saturated rings. The zero-order chi connectivity index (χ0) is 47.4. The van der Waals surface area contributed by atoms with Crippen molar-refractivity contribution in [1.29, 1.82) is 5.26 Å². The molecule has 70 heavy (non-hydrogen) atoms. The number of para-hydroxylation sites is 4. The van der Waals surface area contributed by atoms with Gasteiger partial charge in [-0.3, -0.25) is 0 Å². The van der Waals surface area contributed by atoms with Crippen LogP contribution in [0.5, 0.6) is 0 Å². The van der Waals surface area contributed by atoms with Gasteiger partial charge >= 0.3 is 0 Å². The van der Waals surface area contributed by atoms with Gasteiger partial charge in [0.15, 0.2) is 0 Å². The number of benzene rings is 9. The van der Waals surface area contributed by atoms with Crippen LogP contribution < -0.4 is 31.1 Å². The Morgan fingerprint density at radius 3 is 1.81 bits per heavy atom. The summed E-state index contributed by atoms with van der Waals surface area (Å²) in [5.74, 6) is 0. The molecular weight excluding hydrogens is 854 g/mol. The lowest BCUT2D eigenvalue weighted by atomic mass is 9.33. The summed E-state index contributed by atoms with van der Waals surface area (Å²) in [4.78, 5) is 7.26. The Hall–Kier alpha value is -8.47. The van der Waals surface area contributed by atoms with Gasteiger partial charge in [-0.25, -0.2) is 0 Å². The number of anilines is 9. The Balaban J connectivity index is 1.06. The van der Waals surface area contributed by atoms with Crippen molar-refractivity contribution in [2.45, 2.75) is 52.4 Å². The van der Waals surface area contributed by atoms with Gasteiger partial charge in [0.25, 0.3) is 6.71 Å². The highest BCUT2D eigenvalue weighted by Gasteiger charge is 2.46. The molecule has 11 aromatic rings. The molecule has 0 spiro atoms. The van der Waals surface area contributed by atoms with Crippen molar-refractivity contribution in [3.63, 3.8) is 0 Å². The number of rotatable bonds is 4.